The molecule has 1 heterocycles. The molecule has 0 atom stereocenters. The zero-order valence-corrected chi connectivity index (χ0v) is 23.9. The molecule has 14 heteroatoms. The fourth-order valence-electron chi connectivity index (χ4n) is 3.42. The molecular weight excluding hydrogens is 580 g/mol. The van der Waals surface area contributed by atoms with Crippen LogP contribution in [0.4, 0.5) is 21.6 Å². The summed E-state index contributed by atoms with van der Waals surface area (Å²) in [5.41, 5.74) is 0.911. The number of rotatable bonds is 18. The first-order valence-electron chi connectivity index (χ1n) is 12.7. The topological polar surface area (TPSA) is 136 Å². The molecule has 0 saturated heterocycles. The van der Waals surface area contributed by atoms with E-state index in [1.54, 1.807) is 25.3 Å². The first kappa shape index (κ1) is 32.4. The van der Waals surface area contributed by atoms with Crippen LogP contribution in [0, 0.1) is 5.82 Å². The molecule has 2 aromatic carbocycles. The smallest absolute Gasteiger partial charge is 0.248 e. The van der Waals surface area contributed by atoms with Crippen molar-refractivity contribution in [3.05, 3.63) is 58.6 Å². The van der Waals surface area contributed by atoms with Crippen molar-refractivity contribution in [1.29, 1.82) is 0 Å². The van der Waals surface area contributed by atoms with Crippen molar-refractivity contribution in [2.75, 3.05) is 77.1 Å². The molecule has 0 aliphatic heterocycles. The summed E-state index contributed by atoms with van der Waals surface area (Å²) in [6, 6.07) is 5.75. The van der Waals surface area contributed by atoms with Gasteiger partial charge in [-0.3, -0.25) is 4.79 Å². The number of aliphatic hydroxyl groups excluding tert-OH is 1. The van der Waals surface area contributed by atoms with Crippen molar-refractivity contribution >= 4 is 57.2 Å². The predicted molar refractivity (Wildman–Crippen MR) is 156 cm³/mol. The summed E-state index contributed by atoms with van der Waals surface area (Å²) in [5.74, 6) is -0.346. The first-order chi connectivity index (χ1) is 19.9. The van der Waals surface area contributed by atoms with Crippen LogP contribution < -0.4 is 20.7 Å². The third-order valence-corrected chi connectivity index (χ3v) is 6.04. The second-order valence-electron chi connectivity index (χ2n) is 8.32. The average Bonchev–Trinajstić information content (AvgIpc) is 2.95. The number of carbonyl (C=O) groups excluding carboxylic acids is 1. The van der Waals surface area contributed by atoms with Crippen molar-refractivity contribution in [3.8, 4) is 5.75 Å². The molecule has 3 rings (SSSR count). The first-order valence-corrected chi connectivity index (χ1v) is 13.5. The van der Waals surface area contributed by atoms with Gasteiger partial charge in [-0.2, -0.15) is 0 Å². The number of fused-ring (bicyclic) bond motifs is 1. The van der Waals surface area contributed by atoms with Crippen LogP contribution in [0.3, 0.4) is 0 Å². The van der Waals surface area contributed by atoms with E-state index in [1.807, 2.05) is 0 Å². The lowest BCUT2D eigenvalue weighted by Crippen LogP contribution is -2.15. The number of amides is 1. The molecule has 4 N–H and O–H groups in total. The Hall–Kier alpha value is -3.10. The standard InChI is InChI=1S/C27H32Cl2FN5O6/c1-31-4-2-3-26(37)34-24-13-18-22(16-25(24)41-12-11-40-10-9-39-8-7-38-6-5-36)32-17-33-27(18)35-23-15-20(29)19(28)14-21(23)30/h2-3,13-17,31,36H,4-12H2,1H3,(H,34,37)(H,32,33,35)/b3-2+. The van der Waals surface area contributed by atoms with Crippen molar-refractivity contribution in [2.45, 2.75) is 0 Å². The van der Waals surface area contributed by atoms with E-state index in [0.29, 0.717) is 55.3 Å². The van der Waals surface area contributed by atoms with E-state index in [9.17, 15) is 9.18 Å². The molecule has 11 nitrogen and oxygen atoms in total. The summed E-state index contributed by atoms with van der Waals surface area (Å²) in [4.78, 5) is 21.1. The highest BCUT2D eigenvalue weighted by atomic mass is 35.5. The molecule has 1 aromatic heterocycles. The quantitative estimate of drug-likeness (QED) is 0.0950. The second-order valence-corrected chi connectivity index (χ2v) is 9.13. The number of nitrogens with zero attached hydrogens (tertiary/aromatic N) is 2. The Bertz CT molecular complexity index is 1320. The summed E-state index contributed by atoms with van der Waals surface area (Å²) in [6.45, 7) is 2.76. The van der Waals surface area contributed by atoms with Crippen molar-refractivity contribution in [3.63, 3.8) is 0 Å². The Morgan fingerprint density at radius 1 is 0.951 bits per heavy atom. The number of aromatic nitrogens is 2. The minimum absolute atomic E-state index is 0.0253. The summed E-state index contributed by atoms with van der Waals surface area (Å²) < 4.78 is 36.5. The van der Waals surface area contributed by atoms with E-state index in [1.165, 1.54) is 18.5 Å². The van der Waals surface area contributed by atoms with Crippen LogP contribution in [0.15, 0.2) is 42.7 Å². The Balaban J connectivity index is 1.72. The Kier molecular flexibility index (Phi) is 14.0. The minimum atomic E-state index is -0.616. The second kappa shape index (κ2) is 17.7. The normalized spacial score (nSPS) is 11.3. The van der Waals surface area contributed by atoms with Crippen LogP contribution in [0.2, 0.25) is 10.0 Å². The van der Waals surface area contributed by atoms with E-state index in [0.717, 1.165) is 6.07 Å². The molecular formula is C27H32Cl2FN5O6. The van der Waals surface area contributed by atoms with Gasteiger partial charge in [-0.25, -0.2) is 14.4 Å². The van der Waals surface area contributed by atoms with Gasteiger partial charge in [0, 0.05) is 24.1 Å². The molecule has 0 bridgehead atoms. The number of hydrogen-bond acceptors (Lipinski definition) is 10. The van der Waals surface area contributed by atoms with Crippen molar-refractivity contribution in [1.82, 2.24) is 15.3 Å². The van der Waals surface area contributed by atoms with Crippen LogP contribution in [-0.4, -0.2) is 87.4 Å². The van der Waals surface area contributed by atoms with Gasteiger partial charge in [-0.15, -0.1) is 0 Å². The highest BCUT2D eigenvalue weighted by Gasteiger charge is 2.15. The molecule has 0 radical (unpaired) electrons. The van der Waals surface area contributed by atoms with Crippen molar-refractivity contribution < 1.29 is 33.2 Å². The van der Waals surface area contributed by atoms with E-state index in [2.05, 4.69) is 25.9 Å². The molecule has 0 aliphatic rings. The fourth-order valence-corrected chi connectivity index (χ4v) is 3.74. The number of likely N-dealkylation sites (N-methyl/N-ethyl adjacent to an activating group) is 1. The maximum absolute atomic E-state index is 14.5. The predicted octanol–water partition coefficient (Wildman–Crippen LogP) is 3.95. The van der Waals surface area contributed by atoms with Crippen LogP contribution in [0.1, 0.15) is 0 Å². The highest BCUT2D eigenvalue weighted by Crippen LogP contribution is 2.35. The molecule has 0 fully saturated rings. The van der Waals surface area contributed by atoms with Crippen LogP contribution in [0.5, 0.6) is 5.75 Å². The molecule has 3 aromatic rings. The minimum Gasteiger partial charge on any atom is -0.489 e. The molecule has 0 saturated carbocycles. The number of carbonyl (C=O) groups is 1. The molecule has 0 unspecified atom stereocenters. The third kappa shape index (κ3) is 10.7. The lowest BCUT2D eigenvalue weighted by Gasteiger charge is -2.15. The Morgan fingerprint density at radius 2 is 1.63 bits per heavy atom. The van der Waals surface area contributed by atoms with Gasteiger partial charge in [-0.05, 0) is 25.2 Å². The number of nitrogens with one attached hydrogen (secondary N) is 3. The van der Waals surface area contributed by atoms with Crippen LogP contribution in [0.25, 0.3) is 10.9 Å². The van der Waals surface area contributed by atoms with E-state index >= 15 is 0 Å². The number of ether oxygens (including phenoxy) is 4. The average molecular weight is 612 g/mol. The zero-order chi connectivity index (χ0) is 29.5. The Labute approximate surface area is 246 Å². The highest BCUT2D eigenvalue weighted by molar-refractivity contribution is 6.42. The third-order valence-electron chi connectivity index (χ3n) is 5.31. The molecule has 41 heavy (non-hydrogen) atoms. The maximum Gasteiger partial charge on any atom is 0.248 e. The SMILES string of the molecule is CNC/C=C/C(=O)Nc1cc2c(Nc3cc(Cl)c(Cl)cc3F)ncnc2cc1OCCOCCOCCOCCO. The largest absolute Gasteiger partial charge is 0.489 e. The van der Waals surface area contributed by atoms with Gasteiger partial charge in [-0.1, -0.05) is 29.3 Å². The van der Waals surface area contributed by atoms with Gasteiger partial charge in [0.15, 0.2) is 0 Å². The summed E-state index contributed by atoms with van der Waals surface area (Å²) in [5, 5.41) is 18.1. The molecule has 1 amide bonds. The molecule has 0 aliphatic carbocycles. The lowest BCUT2D eigenvalue weighted by atomic mass is 10.1. The summed E-state index contributed by atoms with van der Waals surface area (Å²) in [7, 11) is 1.77. The van der Waals surface area contributed by atoms with Gasteiger partial charge in [0.25, 0.3) is 0 Å². The van der Waals surface area contributed by atoms with Gasteiger partial charge in [0.2, 0.25) is 5.91 Å². The van der Waals surface area contributed by atoms with Gasteiger partial charge >= 0.3 is 0 Å². The van der Waals surface area contributed by atoms with Gasteiger partial charge in [0.1, 0.15) is 30.3 Å². The van der Waals surface area contributed by atoms with Gasteiger partial charge in [0.05, 0.1) is 73.2 Å². The summed E-state index contributed by atoms with van der Waals surface area (Å²) in [6.07, 6.45) is 4.39. The number of hydrogen-bond donors (Lipinski definition) is 4. The summed E-state index contributed by atoms with van der Waals surface area (Å²) >= 11 is 12.0. The van der Waals surface area contributed by atoms with Gasteiger partial charge < -0.3 is 40.0 Å². The number of halogens is 3. The Morgan fingerprint density at radius 3 is 2.34 bits per heavy atom. The number of anilines is 3. The van der Waals surface area contributed by atoms with Crippen molar-refractivity contribution in [2.24, 2.45) is 0 Å². The fraction of sp³-hybridized carbons (Fsp3) is 0.370. The van der Waals surface area contributed by atoms with Crippen LogP contribution in [-0.2, 0) is 19.0 Å². The number of benzene rings is 2. The van der Waals surface area contributed by atoms with E-state index in [4.69, 9.17) is 47.3 Å². The molecule has 222 valence electrons. The monoisotopic (exact) mass is 611 g/mol. The van der Waals surface area contributed by atoms with E-state index in [-0.39, 0.29) is 53.9 Å². The zero-order valence-electron chi connectivity index (χ0n) is 22.4. The lowest BCUT2D eigenvalue weighted by molar-refractivity contribution is -0.111. The number of aliphatic hydroxyl groups is 1. The van der Waals surface area contributed by atoms with E-state index < -0.39 is 5.82 Å². The maximum atomic E-state index is 14.5. The van der Waals surface area contributed by atoms with Crippen LogP contribution >= 0.6 is 23.2 Å². The molecule has 0 spiro atoms.